The molecule has 1 saturated carbocycles. The van der Waals surface area contributed by atoms with Crippen LogP contribution >= 0.6 is 15.9 Å². The van der Waals surface area contributed by atoms with Gasteiger partial charge in [-0.25, -0.2) is 0 Å². The van der Waals surface area contributed by atoms with E-state index in [4.69, 9.17) is 0 Å². The molecule has 2 unspecified atom stereocenters. The highest BCUT2D eigenvalue weighted by Crippen LogP contribution is 2.49. The van der Waals surface area contributed by atoms with Crippen LogP contribution in [0.3, 0.4) is 0 Å². The van der Waals surface area contributed by atoms with Crippen molar-refractivity contribution in [3.8, 4) is 0 Å². The van der Waals surface area contributed by atoms with Crippen molar-refractivity contribution in [3.05, 3.63) is 16.4 Å². The summed E-state index contributed by atoms with van der Waals surface area (Å²) in [5.74, 6) is 0.686. The molecule has 1 aliphatic rings. The molecule has 0 amide bonds. The second-order valence-corrected chi connectivity index (χ2v) is 7.27. The fraction of sp³-hybridized carbons (Fsp3) is 0.800. The highest BCUT2D eigenvalue weighted by Gasteiger charge is 2.41. The lowest BCUT2D eigenvalue weighted by Gasteiger charge is -2.35. The number of hydrogen-bond acceptors (Lipinski definition) is 2. The molecule has 1 aromatic heterocycles. The Balaban J connectivity index is 2.31. The Morgan fingerprint density at radius 3 is 2.79 bits per heavy atom. The van der Waals surface area contributed by atoms with Gasteiger partial charge in [-0.2, -0.15) is 5.10 Å². The first kappa shape index (κ1) is 15.0. The van der Waals surface area contributed by atoms with E-state index in [0.717, 1.165) is 11.0 Å². The van der Waals surface area contributed by atoms with E-state index in [9.17, 15) is 0 Å². The molecule has 0 aliphatic heterocycles. The summed E-state index contributed by atoms with van der Waals surface area (Å²) >= 11 is 3.67. The smallest absolute Gasteiger partial charge is 0.0695 e. The third-order valence-electron chi connectivity index (χ3n) is 4.59. The fourth-order valence-corrected chi connectivity index (χ4v) is 4.07. The van der Waals surface area contributed by atoms with Crippen molar-refractivity contribution >= 4 is 15.9 Å². The first-order chi connectivity index (χ1) is 8.97. The largest absolute Gasteiger partial charge is 0.308 e. The van der Waals surface area contributed by atoms with E-state index in [2.05, 4.69) is 47.1 Å². The van der Waals surface area contributed by atoms with Crippen LogP contribution in [0.15, 0.2) is 10.7 Å². The molecule has 108 valence electrons. The molecule has 0 radical (unpaired) electrons. The molecule has 1 aromatic rings. The Hall–Kier alpha value is -0.350. The number of rotatable bonds is 5. The van der Waals surface area contributed by atoms with Crippen LogP contribution in [0.2, 0.25) is 0 Å². The van der Waals surface area contributed by atoms with Gasteiger partial charge in [0.15, 0.2) is 0 Å². The average Bonchev–Trinajstić information content (AvgIpc) is 2.86. The summed E-state index contributed by atoms with van der Waals surface area (Å²) in [6.45, 7) is 8.11. The molecule has 1 N–H and O–H groups in total. The molecule has 19 heavy (non-hydrogen) atoms. The van der Waals surface area contributed by atoms with E-state index < -0.39 is 0 Å². The molecule has 0 saturated heterocycles. The highest BCUT2D eigenvalue weighted by atomic mass is 79.9. The molecule has 1 aliphatic carbocycles. The molecule has 2 rings (SSSR count). The fourth-order valence-electron chi connectivity index (χ4n) is 3.47. The summed E-state index contributed by atoms with van der Waals surface area (Å²) in [5.41, 5.74) is 1.71. The number of halogens is 1. The molecule has 4 heteroatoms. The first-order valence-corrected chi connectivity index (χ1v) is 8.17. The van der Waals surface area contributed by atoms with Crippen molar-refractivity contribution in [1.29, 1.82) is 0 Å². The lowest BCUT2D eigenvalue weighted by molar-refractivity contribution is 0.191. The van der Waals surface area contributed by atoms with Crippen LogP contribution in [0.5, 0.6) is 0 Å². The summed E-state index contributed by atoms with van der Waals surface area (Å²) in [5, 5.41) is 8.15. The van der Waals surface area contributed by atoms with Crippen molar-refractivity contribution in [3.63, 3.8) is 0 Å². The van der Waals surface area contributed by atoms with Crippen molar-refractivity contribution in [2.75, 3.05) is 6.54 Å². The van der Waals surface area contributed by atoms with Gasteiger partial charge in [0, 0.05) is 7.05 Å². The van der Waals surface area contributed by atoms with E-state index in [1.165, 1.54) is 31.4 Å². The van der Waals surface area contributed by atoms with Gasteiger partial charge in [-0.1, -0.05) is 27.2 Å². The zero-order valence-electron chi connectivity index (χ0n) is 12.5. The third kappa shape index (κ3) is 3.05. The SMILES string of the molecule is CCCNC(c1c(Br)cnn1C)C1CCCC1(C)C. The van der Waals surface area contributed by atoms with Crippen LogP contribution in [0.25, 0.3) is 0 Å². The molecule has 1 fully saturated rings. The second kappa shape index (κ2) is 5.96. The zero-order chi connectivity index (χ0) is 14.0. The van der Waals surface area contributed by atoms with Gasteiger partial charge in [0.2, 0.25) is 0 Å². The summed E-state index contributed by atoms with van der Waals surface area (Å²) < 4.78 is 3.15. The van der Waals surface area contributed by atoms with Crippen molar-refractivity contribution < 1.29 is 0 Å². The number of aryl methyl sites for hydroxylation is 1. The van der Waals surface area contributed by atoms with E-state index >= 15 is 0 Å². The van der Waals surface area contributed by atoms with Crippen LogP contribution in [0, 0.1) is 11.3 Å². The molecule has 2 atom stereocenters. The number of aromatic nitrogens is 2. The number of nitrogens with one attached hydrogen (secondary N) is 1. The average molecular weight is 328 g/mol. The number of nitrogens with zero attached hydrogens (tertiary/aromatic N) is 2. The Kier molecular flexibility index (Phi) is 4.72. The van der Waals surface area contributed by atoms with Crippen LogP contribution in [0.4, 0.5) is 0 Å². The van der Waals surface area contributed by atoms with Crippen molar-refractivity contribution in [2.24, 2.45) is 18.4 Å². The third-order valence-corrected chi connectivity index (χ3v) is 5.20. The Morgan fingerprint density at radius 1 is 1.58 bits per heavy atom. The van der Waals surface area contributed by atoms with Crippen LogP contribution in [-0.4, -0.2) is 16.3 Å². The molecular weight excluding hydrogens is 302 g/mol. The van der Waals surface area contributed by atoms with E-state index in [1.807, 2.05) is 17.9 Å². The molecule has 3 nitrogen and oxygen atoms in total. The molecule has 0 spiro atoms. The van der Waals surface area contributed by atoms with Crippen LogP contribution < -0.4 is 5.32 Å². The van der Waals surface area contributed by atoms with E-state index in [0.29, 0.717) is 17.4 Å². The lowest BCUT2D eigenvalue weighted by atomic mass is 9.76. The minimum atomic E-state index is 0.402. The van der Waals surface area contributed by atoms with Gasteiger partial charge in [-0.3, -0.25) is 4.68 Å². The summed E-state index contributed by atoms with van der Waals surface area (Å²) in [7, 11) is 2.04. The predicted molar refractivity (Wildman–Crippen MR) is 83.1 cm³/mol. The minimum absolute atomic E-state index is 0.402. The van der Waals surface area contributed by atoms with Crippen LogP contribution in [0.1, 0.15) is 58.2 Å². The van der Waals surface area contributed by atoms with Gasteiger partial charge in [0.05, 0.1) is 22.4 Å². The lowest BCUT2D eigenvalue weighted by Crippen LogP contribution is -2.35. The zero-order valence-corrected chi connectivity index (χ0v) is 14.1. The van der Waals surface area contributed by atoms with Gasteiger partial charge < -0.3 is 5.32 Å². The second-order valence-electron chi connectivity index (χ2n) is 6.42. The normalized spacial score (nSPS) is 23.7. The summed E-state index contributed by atoms with van der Waals surface area (Å²) in [4.78, 5) is 0. The first-order valence-electron chi connectivity index (χ1n) is 7.38. The van der Waals surface area contributed by atoms with Crippen molar-refractivity contribution in [2.45, 2.75) is 52.5 Å². The maximum absolute atomic E-state index is 4.39. The Bertz CT molecular complexity index is 406. The minimum Gasteiger partial charge on any atom is -0.308 e. The van der Waals surface area contributed by atoms with Crippen LogP contribution in [-0.2, 0) is 7.05 Å². The van der Waals surface area contributed by atoms with Gasteiger partial charge in [0.25, 0.3) is 0 Å². The predicted octanol–water partition coefficient (Wildman–Crippen LogP) is 4.05. The maximum atomic E-state index is 4.39. The standard InChI is InChI=1S/C15H26BrN3/c1-5-9-17-13(11-7-6-8-15(11,2)3)14-12(16)10-18-19(14)4/h10-11,13,17H,5-9H2,1-4H3. The Morgan fingerprint density at radius 2 is 2.32 bits per heavy atom. The molecule has 1 heterocycles. The Labute approximate surface area is 125 Å². The monoisotopic (exact) mass is 327 g/mol. The van der Waals surface area contributed by atoms with Gasteiger partial charge in [-0.15, -0.1) is 0 Å². The van der Waals surface area contributed by atoms with Gasteiger partial charge >= 0.3 is 0 Å². The summed E-state index contributed by atoms with van der Waals surface area (Å²) in [6.07, 6.45) is 7.07. The molecule has 0 bridgehead atoms. The van der Waals surface area contributed by atoms with E-state index in [-0.39, 0.29) is 0 Å². The van der Waals surface area contributed by atoms with Gasteiger partial charge in [0.1, 0.15) is 0 Å². The molecule has 0 aromatic carbocycles. The van der Waals surface area contributed by atoms with Crippen molar-refractivity contribution in [1.82, 2.24) is 15.1 Å². The van der Waals surface area contributed by atoms with Gasteiger partial charge in [-0.05, 0) is 53.1 Å². The topological polar surface area (TPSA) is 29.9 Å². The maximum Gasteiger partial charge on any atom is 0.0695 e. The summed E-state index contributed by atoms with van der Waals surface area (Å²) in [6, 6.07) is 0.402. The highest BCUT2D eigenvalue weighted by molar-refractivity contribution is 9.10. The van der Waals surface area contributed by atoms with E-state index in [1.54, 1.807) is 0 Å². The number of hydrogen-bond donors (Lipinski definition) is 1. The quantitative estimate of drug-likeness (QED) is 0.884. The molecular formula is C15H26BrN3.